The van der Waals surface area contributed by atoms with Crippen LogP contribution in [0.15, 0.2) is 29.4 Å². The summed E-state index contributed by atoms with van der Waals surface area (Å²) < 4.78 is 1.74. The van der Waals surface area contributed by atoms with E-state index in [0.29, 0.717) is 17.5 Å². The molecule has 0 aliphatic rings. The minimum absolute atomic E-state index is 0.0859. The quantitative estimate of drug-likeness (QED) is 0.781. The lowest BCUT2D eigenvalue weighted by atomic mass is 10.1. The summed E-state index contributed by atoms with van der Waals surface area (Å²) in [5, 5.41) is 26.3. The number of aromatic nitrogens is 3. The standard InChI is InChI=1S/C13H15N3O3S/c1-9-3-2-4-10(5-9)6-16-11(7-17)14-15-13(16)20-8-12(18)19/h2-5,17H,6-8H2,1H3,(H,18,19). The zero-order valence-electron chi connectivity index (χ0n) is 11.0. The van der Waals surface area contributed by atoms with E-state index in [1.165, 1.54) is 0 Å². The molecule has 0 saturated carbocycles. The molecular weight excluding hydrogens is 278 g/mol. The molecule has 0 radical (unpaired) electrons. The molecule has 0 saturated heterocycles. The Kier molecular flexibility index (Phi) is 4.75. The molecule has 0 atom stereocenters. The van der Waals surface area contributed by atoms with Gasteiger partial charge in [0.25, 0.3) is 0 Å². The SMILES string of the molecule is Cc1cccc(Cn2c(CO)nnc2SCC(=O)O)c1. The van der Waals surface area contributed by atoms with Crippen LogP contribution in [0.5, 0.6) is 0 Å². The Bertz CT molecular complexity index is 613. The average Bonchev–Trinajstić information content (AvgIpc) is 2.78. The van der Waals surface area contributed by atoms with E-state index in [2.05, 4.69) is 10.2 Å². The Balaban J connectivity index is 2.24. The Labute approximate surface area is 120 Å². The minimum Gasteiger partial charge on any atom is -0.481 e. The fourth-order valence-electron chi connectivity index (χ4n) is 1.82. The van der Waals surface area contributed by atoms with E-state index in [1.54, 1.807) is 4.57 Å². The number of thioether (sulfide) groups is 1. The monoisotopic (exact) mass is 293 g/mol. The molecule has 1 aromatic heterocycles. The number of carboxylic acid groups (broad SMARTS) is 1. The van der Waals surface area contributed by atoms with Crippen molar-refractivity contribution in [2.45, 2.75) is 25.2 Å². The van der Waals surface area contributed by atoms with E-state index in [9.17, 15) is 9.90 Å². The Hall–Kier alpha value is -1.86. The van der Waals surface area contributed by atoms with Gasteiger partial charge in [-0.15, -0.1) is 10.2 Å². The number of benzene rings is 1. The van der Waals surface area contributed by atoms with Crippen molar-refractivity contribution in [3.8, 4) is 0 Å². The van der Waals surface area contributed by atoms with Crippen LogP contribution in [-0.4, -0.2) is 36.7 Å². The van der Waals surface area contributed by atoms with E-state index < -0.39 is 5.97 Å². The molecule has 1 heterocycles. The minimum atomic E-state index is -0.911. The van der Waals surface area contributed by atoms with Crippen molar-refractivity contribution in [2.75, 3.05) is 5.75 Å². The van der Waals surface area contributed by atoms with Gasteiger partial charge < -0.3 is 10.2 Å². The van der Waals surface area contributed by atoms with Crippen LogP contribution in [0, 0.1) is 6.92 Å². The molecule has 0 unspecified atom stereocenters. The highest BCUT2D eigenvalue weighted by Gasteiger charge is 2.13. The highest BCUT2D eigenvalue weighted by molar-refractivity contribution is 7.99. The smallest absolute Gasteiger partial charge is 0.313 e. The number of hydrogen-bond donors (Lipinski definition) is 2. The molecule has 6 nitrogen and oxygen atoms in total. The molecule has 20 heavy (non-hydrogen) atoms. The molecule has 7 heteroatoms. The molecule has 0 amide bonds. The Morgan fingerprint density at radius 2 is 2.20 bits per heavy atom. The van der Waals surface area contributed by atoms with E-state index >= 15 is 0 Å². The molecule has 0 aliphatic heterocycles. The van der Waals surface area contributed by atoms with Crippen LogP contribution in [0.2, 0.25) is 0 Å². The van der Waals surface area contributed by atoms with Crippen LogP contribution in [-0.2, 0) is 17.9 Å². The van der Waals surface area contributed by atoms with E-state index in [0.717, 1.165) is 22.9 Å². The van der Waals surface area contributed by atoms with Gasteiger partial charge in [0.1, 0.15) is 6.61 Å². The molecule has 2 N–H and O–H groups in total. The van der Waals surface area contributed by atoms with Crippen LogP contribution < -0.4 is 0 Å². The normalized spacial score (nSPS) is 10.7. The first-order valence-corrected chi connectivity index (χ1v) is 7.02. The topological polar surface area (TPSA) is 88.2 Å². The van der Waals surface area contributed by atoms with Crippen molar-refractivity contribution in [3.05, 3.63) is 41.2 Å². The van der Waals surface area contributed by atoms with Gasteiger partial charge in [-0.1, -0.05) is 41.6 Å². The van der Waals surface area contributed by atoms with Gasteiger partial charge in [-0.25, -0.2) is 0 Å². The predicted octanol–water partition coefficient (Wildman–Crippen LogP) is 1.30. The summed E-state index contributed by atoms with van der Waals surface area (Å²) in [7, 11) is 0. The first-order chi connectivity index (χ1) is 9.60. The molecule has 106 valence electrons. The van der Waals surface area contributed by atoms with Crippen LogP contribution >= 0.6 is 11.8 Å². The first kappa shape index (κ1) is 14.5. The average molecular weight is 293 g/mol. The first-order valence-electron chi connectivity index (χ1n) is 6.03. The third-order valence-electron chi connectivity index (χ3n) is 2.68. The Morgan fingerprint density at radius 1 is 1.40 bits per heavy atom. The van der Waals surface area contributed by atoms with Crippen LogP contribution in [0.25, 0.3) is 0 Å². The van der Waals surface area contributed by atoms with Gasteiger partial charge in [-0.3, -0.25) is 9.36 Å². The highest BCUT2D eigenvalue weighted by atomic mass is 32.2. The number of aliphatic hydroxyl groups excluding tert-OH is 1. The molecule has 1 aromatic carbocycles. The Morgan fingerprint density at radius 3 is 2.85 bits per heavy atom. The lowest BCUT2D eigenvalue weighted by molar-refractivity contribution is -0.133. The highest BCUT2D eigenvalue weighted by Crippen LogP contribution is 2.19. The van der Waals surface area contributed by atoms with Crippen molar-refractivity contribution in [3.63, 3.8) is 0 Å². The lowest BCUT2D eigenvalue weighted by Crippen LogP contribution is -2.08. The number of carbonyl (C=O) groups is 1. The number of aliphatic hydroxyl groups is 1. The maximum absolute atomic E-state index is 10.6. The van der Waals surface area contributed by atoms with Gasteiger partial charge in [0.05, 0.1) is 12.3 Å². The van der Waals surface area contributed by atoms with Crippen LogP contribution in [0.3, 0.4) is 0 Å². The summed E-state index contributed by atoms with van der Waals surface area (Å²) in [4.78, 5) is 10.6. The van der Waals surface area contributed by atoms with Gasteiger partial charge in [-0.2, -0.15) is 0 Å². The maximum Gasteiger partial charge on any atom is 0.313 e. The van der Waals surface area contributed by atoms with Gasteiger partial charge in [0.15, 0.2) is 11.0 Å². The second kappa shape index (κ2) is 6.53. The lowest BCUT2D eigenvalue weighted by Gasteiger charge is -2.09. The van der Waals surface area contributed by atoms with Crippen LogP contribution in [0.4, 0.5) is 0 Å². The second-order valence-electron chi connectivity index (χ2n) is 4.31. The van der Waals surface area contributed by atoms with Gasteiger partial charge >= 0.3 is 5.97 Å². The zero-order chi connectivity index (χ0) is 14.5. The van der Waals surface area contributed by atoms with Gasteiger partial charge in [-0.05, 0) is 12.5 Å². The van der Waals surface area contributed by atoms with Crippen molar-refractivity contribution >= 4 is 17.7 Å². The summed E-state index contributed by atoms with van der Waals surface area (Å²) in [6.45, 7) is 2.28. The molecule has 2 rings (SSSR count). The zero-order valence-corrected chi connectivity index (χ0v) is 11.8. The molecule has 0 aliphatic carbocycles. The summed E-state index contributed by atoms with van der Waals surface area (Å²) in [5.74, 6) is -0.567. The summed E-state index contributed by atoms with van der Waals surface area (Å²) in [5.41, 5.74) is 2.19. The third kappa shape index (κ3) is 3.58. The fourth-order valence-corrected chi connectivity index (χ4v) is 2.50. The summed E-state index contributed by atoms with van der Waals surface area (Å²) in [6, 6.07) is 7.97. The molecular formula is C13H15N3O3S. The fraction of sp³-hybridized carbons (Fsp3) is 0.308. The van der Waals surface area contributed by atoms with Gasteiger partial charge in [0, 0.05) is 0 Å². The van der Waals surface area contributed by atoms with E-state index in [-0.39, 0.29) is 12.4 Å². The van der Waals surface area contributed by atoms with Crippen molar-refractivity contribution < 1.29 is 15.0 Å². The van der Waals surface area contributed by atoms with E-state index in [4.69, 9.17) is 5.11 Å². The summed E-state index contributed by atoms with van der Waals surface area (Å²) >= 11 is 1.09. The molecule has 2 aromatic rings. The number of aliphatic carboxylic acids is 1. The summed E-state index contributed by atoms with van der Waals surface area (Å²) in [6.07, 6.45) is 0. The molecule has 0 fully saturated rings. The number of rotatable bonds is 6. The molecule has 0 spiro atoms. The molecule has 0 bridgehead atoms. The van der Waals surface area contributed by atoms with Crippen LogP contribution in [0.1, 0.15) is 17.0 Å². The number of hydrogen-bond acceptors (Lipinski definition) is 5. The van der Waals surface area contributed by atoms with Gasteiger partial charge in [0.2, 0.25) is 0 Å². The maximum atomic E-state index is 10.6. The third-order valence-corrected chi connectivity index (χ3v) is 3.63. The van der Waals surface area contributed by atoms with Crippen molar-refractivity contribution in [1.82, 2.24) is 14.8 Å². The number of aryl methyl sites for hydroxylation is 1. The van der Waals surface area contributed by atoms with Crippen molar-refractivity contribution in [1.29, 1.82) is 0 Å². The van der Waals surface area contributed by atoms with E-state index in [1.807, 2.05) is 31.2 Å². The predicted molar refractivity (Wildman–Crippen MR) is 74.6 cm³/mol. The second-order valence-corrected chi connectivity index (χ2v) is 5.26. The van der Waals surface area contributed by atoms with Crippen molar-refractivity contribution in [2.24, 2.45) is 0 Å². The number of nitrogens with zero attached hydrogens (tertiary/aromatic N) is 3. The largest absolute Gasteiger partial charge is 0.481 e. The number of carboxylic acids is 1.